The molecular weight excluding hydrogens is 454 g/mol. The number of aromatic nitrogens is 1. The van der Waals surface area contributed by atoms with Crippen molar-refractivity contribution in [1.82, 2.24) is 9.88 Å². The first-order valence-electron chi connectivity index (χ1n) is 9.77. The number of sulfone groups is 1. The molecule has 3 rings (SSSR count). The highest BCUT2D eigenvalue weighted by Gasteiger charge is 2.26. The number of rotatable bonds is 8. The van der Waals surface area contributed by atoms with Gasteiger partial charge in [0.1, 0.15) is 5.75 Å². The first-order valence-corrected chi connectivity index (χ1v) is 12.2. The number of anilines is 1. The fourth-order valence-corrected chi connectivity index (χ4v) is 5.38. The summed E-state index contributed by atoms with van der Waals surface area (Å²) in [5, 5.41) is 0.540. The number of amides is 1. The SMILES string of the molecule is Cc1ccc(S(=O)(=O)CC(=O)N(CCCN(C)C)c2nc3ccc(C)cc3s2)cc1.[Cl-]. The van der Waals surface area contributed by atoms with Crippen molar-refractivity contribution in [3.05, 3.63) is 53.6 Å². The van der Waals surface area contributed by atoms with Crippen LogP contribution in [0.4, 0.5) is 5.13 Å². The van der Waals surface area contributed by atoms with Gasteiger partial charge in [-0.25, -0.2) is 13.4 Å². The van der Waals surface area contributed by atoms with Crippen molar-refractivity contribution in [3.63, 3.8) is 0 Å². The lowest BCUT2D eigenvalue weighted by Gasteiger charge is -2.21. The van der Waals surface area contributed by atoms with Gasteiger partial charge in [-0.15, -0.1) is 0 Å². The predicted octanol–water partition coefficient (Wildman–Crippen LogP) is 0.676. The molecule has 1 aromatic heterocycles. The third-order valence-electron chi connectivity index (χ3n) is 4.75. The van der Waals surface area contributed by atoms with Crippen LogP contribution < -0.4 is 17.3 Å². The maximum absolute atomic E-state index is 13.1. The van der Waals surface area contributed by atoms with Gasteiger partial charge in [0.25, 0.3) is 0 Å². The molecule has 0 spiro atoms. The van der Waals surface area contributed by atoms with Crippen LogP contribution in [-0.2, 0) is 14.6 Å². The number of carbonyl (C=O) groups is 1. The van der Waals surface area contributed by atoms with Crippen LogP contribution in [0.3, 0.4) is 0 Å². The van der Waals surface area contributed by atoms with Crippen molar-refractivity contribution in [3.8, 4) is 0 Å². The Morgan fingerprint density at radius 2 is 1.65 bits per heavy atom. The van der Waals surface area contributed by atoms with Crippen LogP contribution in [0.1, 0.15) is 17.5 Å². The zero-order valence-corrected chi connectivity index (χ0v) is 20.5. The Morgan fingerprint density at radius 3 is 2.29 bits per heavy atom. The third-order valence-corrected chi connectivity index (χ3v) is 7.40. The van der Waals surface area contributed by atoms with E-state index in [0.717, 1.165) is 34.3 Å². The molecule has 0 unspecified atom stereocenters. The molecule has 0 bridgehead atoms. The largest absolute Gasteiger partial charge is 1.00 e. The molecule has 9 heteroatoms. The molecule has 0 aliphatic rings. The van der Waals surface area contributed by atoms with E-state index in [4.69, 9.17) is 0 Å². The Bertz CT molecular complexity index is 1140. The maximum Gasteiger partial charge on any atom is 0.244 e. The van der Waals surface area contributed by atoms with Gasteiger partial charge in [0, 0.05) is 6.54 Å². The lowest BCUT2D eigenvalue weighted by Crippen LogP contribution is -3.00. The van der Waals surface area contributed by atoms with E-state index in [-0.39, 0.29) is 17.3 Å². The van der Waals surface area contributed by atoms with E-state index in [1.54, 1.807) is 24.3 Å². The molecule has 0 aliphatic heterocycles. The predicted molar refractivity (Wildman–Crippen MR) is 123 cm³/mol. The summed E-state index contributed by atoms with van der Waals surface area (Å²) < 4.78 is 26.6. The second-order valence-corrected chi connectivity index (χ2v) is 10.7. The average molecular weight is 481 g/mol. The molecule has 0 aliphatic carbocycles. The molecule has 1 amide bonds. The molecule has 31 heavy (non-hydrogen) atoms. The van der Waals surface area contributed by atoms with Crippen LogP contribution in [0.25, 0.3) is 10.2 Å². The van der Waals surface area contributed by atoms with Gasteiger partial charge < -0.3 is 17.3 Å². The smallest absolute Gasteiger partial charge is 0.244 e. The van der Waals surface area contributed by atoms with Crippen LogP contribution in [-0.4, -0.2) is 57.1 Å². The van der Waals surface area contributed by atoms with Crippen LogP contribution in [0, 0.1) is 13.8 Å². The van der Waals surface area contributed by atoms with Gasteiger partial charge in [0.05, 0.1) is 15.1 Å². The van der Waals surface area contributed by atoms with Crippen molar-refractivity contribution >= 4 is 42.4 Å². The zero-order valence-electron chi connectivity index (χ0n) is 18.1. The number of nitrogens with zero attached hydrogens (tertiary/aromatic N) is 3. The van der Waals surface area contributed by atoms with Crippen LogP contribution >= 0.6 is 11.3 Å². The first-order chi connectivity index (χ1) is 14.2. The minimum absolute atomic E-state index is 0. The molecule has 0 N–H and O–H groups in total. The van der Waals surface area contributed by atoms with Gasteiger partial charge in [0.15, 0.2) is 15.0 Å². The Morgan fingerprint density at radius 1 is 1.00 bits per heavy atom. The molecule has 6 nitrogen and oxygen atoms in total. The Hall–Kier alpha value is -2.00. The van der Waals surface area contributed by atoms with Crippen molar-refractivity contribution in [2.24, 2.45) is 0 Å². The lowest BCUT2D eigenvalue weighted by molar-refractivity contribution is -0.116. The minimum atomic E-state index is -3.73. The number of halogens is 1. The summed E-state index contributed by atoms with van der Waals surface area (Å²) >= 11 is 1.42. The van der Waals surface area contributed by atoms with E-state index in [1.165, 1.54) is 16.2 Å². The fourth-order valence-electron chi connectivity index (χ4n) is 3.08. The van der Waals surface area contributed by atoms with Crippen LogP contribution in [0.5, 0.6) is 0 Å². The Kier molecular flexibility index (Phi) is 8.59. The minimum Gasteiger partial charge on any atom is -1.00 e. The van der Waals surface area contributed by atoms with E-state index < -0.39 is 21.5 Å². The van der Waals surface area contributed by atoms with Crippen molar-refractivity contribution in [2.75, 3.05) is 37.8 Å². The quantitative estimate of drug-likeness (QED) is 0.474. The highest BCUT2D eigenvalue weighted by Crippen LogP contribution is 2.30. The van der Waals surface area contributed by atoms with Crippen LogP contribution in [0.15, 0.2) is 47.4 Å². The maximum atomic E-state index is 13.1. The normalized spacial score (nSPS) is 11.5. The van der Waals surface area contributed by atoms with Gasteiger partial charge in [-0.05, 0) is 70.7 Å². The summed E-state index contributed by atoms with van der Waals surface area (Å²) in [6, 6.07) is 12.5. The molecule has 0 atom stereocenters. The van der Waals surface area contributed by atoms with Crippen LogP contribution in [0.2, 0.25) is 0 Å². The Balaban J connectivity index is 0.00000341. The highest BCUT2D eigenvalue weighted by molar-refractivity contribution is 7.92. The van der Waals surface area contributed by atoms with Gasteiger partial charge in [0.2, 0.25) is 5.91 Å². The summed E-state index contributed by atoms with van der Waals surface area (Å²) in [6.45, 7) is 5.10. The molecule has 2 aromatic carbocycles. The first kappa shape index (κ1) is 25.3. The van der Waals surface area contributed by atoms with Crippen molar-refractivity contribution in [2.45, 2.75) is 25.2 Å². The summed E-state index contributed by atoms with van der Waals surface area (Å²) in [6.07, 6.45) is 0.721. The summed E-state index contributed by atoms with van der Waals surface area (Å²) in [4.78, 5) is 21.4. The highest BCUT2D eigenvalue weighted by atomic mass is 35.5. The molecular formula is C22H27ClN3O3S2-. The average Bonchev–Trinajstić information content (AvgIpc) is 3.07. The van der Waals surface area contributed by atoms with Crippen molar-refractivity contribution in [1.29, 1.82) is 0 Å². The molecule has 0 saturated heterocycles. The fraction of sp³-hybridized carbons (Fsp3) is 0.364. The molecule has 1 heterocycles. The summed E-state index contributed by atoms with van der Waals surface area (Å²) in [5.41, 5.74) is 2.90. The number of carbonyl (C=O) groups excluding carboxylic acids is 1. The topological polar surface area (TPSA) is 70.6 Å². The zero-order chi connectivity index (χ0) is 21.9. The lowest BCUT2D eigenvalue weighted by atomic mass is 10.2. The molecule has 0 radical (unpaired) electrons. The number of thiazole rings is 1. The van der Waals surface area contributed by atoms with Gasteiger partial charge in [-0.3, -0.25) is 9.69 Å². The number of aryl methyl sites for hydroxylation is 2. The Labute approximate surface area is 194 Å². The molecule has 168 valence electrons. The monoisotopic (exact) mass is 480 g/mol. The van der Waals surface area contributed by atoms with Gasteiger partial charge in [-0.2, -0.15) is 0 Å². The van der Waals surface area contributed by atoms with E-state index in [0.29, 0.717) is 11.7 Å². The third kappa shape index (κ3) is 6.49. The van der Waals surface area contributed by atoms with Gasteiger partial charge >= 0.3 is 0 Å². The standard InChI is InChI=1S/C22H27N3O3S2.ClH/c1-16-6-9-18(10-7-16)30(27,28)15-21(26)25(13-5-12-24(3)4)22-23-19-11-8-17(2)14-20(19)29-22;/h6-11,14H,5,12-13,15H2,1-4H3;1H/p-1. The second kappa shape index (κ2) is 10.5. The van der Waals surface area contributed by atoms with E-state index in [2.05, 4.69) is 4.98 Å². The number of hydrogen-bond acceptors (Lipinski definition) is 6. The van der Waals surface area contributed by atoms with E-state index in [9.17, 15) is 13.2 Å². The second-order valence-electron chi connectivity index (χ2n) is 7.74. The number of hydrogen-bond donors (Lipinski definition) is 0. The van der Waals surface area contributed by atoms with E-state index in [1.807, 2.05) is 51.0 Å². The van der Waals surface area contributed by atoms with E-state index >= 15 is 0 Å². The molecule has 0 fully saturated rings. The summed E-state index contributed by atoms with van der Waals surface area (Å²) in [7, 11) is 0.201. The molecule has 0 saturated carbocycles. The number of benzene rings is 2. The summed E-state index contributed by atoms with van der Waals surface area (Å²) in [5.74, 6) is -1.03. The van der Waals surface area contributed by atoms with Gasteiger partial charge in [-0.1, -0.05) is 35.1 Å². The number of fused-ring (bicyclic) bond motifs is 1. The molecule has 3 aromatic rings. The van der Waals surface area contributed by atoms with Crippen molar-refractivity contribution < 1.29 is 25.6 Å².